The first-order valence-electron chi connectivity index (χ1n) is 6.23. The van der Waals surface area contributed by atoms with Crippen LogP contribution in [0.15, 0.2) is 24.3 Å². The maximum Gasteiger partial charge on any atom is 0.251 e. The van der Waals surface area contributed by atoms with Gasteiger partial charge in [-0.2, -0.15) is 0 Å². The summed E-state index contributed by atoms with van der Waals surface area (Å²) < 4.78 is 0. The molecule has 1 aromatic carbocycles. The van der Waals surface area contributed by atoms with Gasteiger partial charge in [0.25, 0.3) is 5.91 Å². The third-order valence-electron chi connectivity index (χ3n) is 2.89. The molecular weight excluding hydrogens is 278 g/mol. The molecule has 1 rings (SSSR count). The number of nitrogens with one attached hydrogen (secondary N) is 2. The Balaban J connectivity index is 2.53. The lowest BCUT2D eigenvalue weighted by Crippen LogP contribution is -2.58. The molecule has 0 unspecified atom stereocenters. The summed E-state index contributed by atoms with van der Waals surface area (Å²) in [6.45, 7) is -2.24. The molecule has 1 aromatic rings. The van der Waals surface area contributed by atoms with Crippen LogP contribution >= 0.6 is 0 Å². The number of anilines is 1. The van der Waals surface area contributed by atoms with Gasteiger partial charge < -0.3 is 31.7 Å². The van der Waals surface area contributed by atoms with Crippen molar-refractivity contribution in [2.24, 2.45) is 0 Å². The highest BCUT2D eigenvalue weighted by molar-refractivity contribution is 5.96. The molecule has 0 saturated carbocycles. The molecule has 8 nitrogen and oxygen atoms in total. The molecule has 2 amide bonds. The lowest BCUT2D eigenvalue weighted by atomic mass is 10.0. The minimum atomic E-state index is -1.51. The number of nitrogen functional groups attached to an aromatic ring is 1. The van der Waals surface area contributed by atoms with E-state index in [0.29, 0.717) is 11.3 Å². The fraction of sp³-hybridized carbons (Fsp3) is 0.385. The Hall–Kier alpha value is -2.16. The van der Waals surface area contributed by atoms with Crippen molar-refractivity contribution in [3.8, 4) is 0 Å². The van der Waals surface area contributed by atoms with Gasteiger partial charge in [-0.15, -0.1) is 0 Å². The summed E-state index contributed by atoms with van der Waals surface area (Å²) in [5.41, 5.74) is 4.85. The molecule has 21 heavy (non-hydrogen) atoms. The van der Waals surface area contributed by atoms with E-state index >= 15 is 0 Å². The zero-order valence-electron chi connectivity index (χ0n) is 11.4. The summed E-state index contributed by atoms with van der Waals surface area (Å²) in [7, 11) is 0. The number of hydrogen-bond acceptors (Lipinski definition) is 6. The Morgan fingerprint density at radius 2 is 1.57 bits per heavy atom. The third-order valence-corrected chi connectivity index (χ3v) is 2.89. The van der Waals surface area contributed by atoms with Crippen molar-refractivity contribution < 1.29 is 24.9 Å². The van der Waals surface area contributed by atoms with Gasteiger partial charge in [-0.1, -0.05) is 0 Å². The van der Waals surface area contributed by atoms with E-state index in [-0.39, 0.29) is 6.54 Å². The Bertz CT molecular complexity index is 477. The minimum Gasteiger partial charge on any atom is -0.399 e. The smallest absolute Gasteiger partial charge is 0.251 e. The standard InChI is InChI=1S/C13H19N3O5/c14-10-3-1-9(2-4-10)12(21)15-5-11(20)16-13(6-17,7-18)8-19/h1-4,17-19H,5-8,14H2,(H,15,21)(H,16,20). The van der Waals surface area contributed by atoms with Crippen molar-refractivity contribution in [2.75, 3.05) is 32.1 Å². The molecular formula is C13H19N3O5. The second kappa shape index (κ2) is 7.58. The molecule has 8 heteroatoms. The van der Waals surface area contributed by atoms with E-state index in [9.17, 15) is 9.59 Å². The van der Waals surface area contributed by atoms with E-state index in [0.717, 1.165) is 0 Å². The maximum atomic E-state index is 11.8. The van der Waals surface area contributed by atoms with Crippen LogP contribution in [0.5, 0.6) is 0 Å². The van der Waals surface area contributed by atoms with Crippen molar-refractivity contribution >= 4 is 17.5 Å². The Morgan fingerprint density at radius 1 is 1.05 bits per heavy atom. The molecule has 0 spiro atoms. The van der Waals surface area contributed by atoms with Crippen molar-refractivity contribution in [1.82, 2.24) is 10.6 Å². The highest BCUT2D eigenvalue weighted by Gasteiger charge is 2.29. The van der Waals surface area contributed by atoms with E-state index in [1.807, 2.05) is 0 Å². The molecule has 0 saturated heterocycles. The van der Waals surface area contributed by atoms with Gasteiger partial charge in [0.15, 0.2) is 0 Å². The van der Waals surface area contributed by atoms with Gasteiger partial charge in [-0.3, -0.25) is 9.59 Å². The second-order valence-electron chi connectivity index (χ2n) is 4.61. The van der Waals surface area contributed by atoms with Gasteiger partial charge in [0.1, 0.15) is 5.54 Å². The highest BCUT2D eigenvalue weighted by Crippen LogP contribution is 2.05. The number of hydrogen-bond donors (Lipinski definition) is 6. The van der Waals surface area contributed by atoms with Crippen molar-refractivity contribution in [3.05, 3.63) is 29.8 Å². The first kappa shape index (κ1) is 16.9. The molecule has 0 aliphatic carbocycles. The van der Waals surface area contributed by atoms with Crippen molar-refractivity contribution in [2.45, 2.75) is 5.54 Å². The average Bonchev–Trinajstić information content (AvgIpc) is 2.51. The summed E-state index contributed by atoms with van der Waals surface area (Å²) in [5, 5.41) is 31.9. The van der Waals surface area contributed by atoms with E-state index < -0.39 is 37.2 Å². The number of benzene rings is 1. The van der Waals surface area contributed by atoms with Crippen LogP contribution in [0.3, 0.4) is 0 Å². The van der Waals surface area contributed by atoms with Crippen molar-refractivity contribution in [3.63, 3.8) is 0 Å². The Morgan fingerprint density at radius 3 is 2.05 bits per heavy atom. The monoisotopic (exact) mass is 297 g/mol. The van der Waals surface area contributed by atoms with Gasteiger partial charge in [0.2, 0.25) is 5.91 Å². The first-order valence-corrected chi connectivity index (χ1v) is 6.23. The van der Waals surface area contributed by atoms with E-state index in [1.54, 1.807) is 12.1 Å². The molecule has 0 aromatic heterocycles. The maximum absolute atomic E-state index is 11.8. The molecule has 0 aliphatic heterocycles. The van der Waals surface area contributed by atoms with Gasteiger partial charge >= 0.3 is 0 Å². The molecule has 0 aliphatic rings. The van der Waals surface area contributed by atoms with Crippen LogP contribution in [0.1, 0.15) is 10.4 Å². The minimum absolute atomic E-state index is 0.342. The molecule has 0 heterocycles. The SMILES string of the molecule is Nc1ccc(C(=O)NCC(=O)NC(CO)(CO)CO)cc1. The zero-order valence-corrected chi connectivity index (χ0v) is 11.4. The summed E-state index contributed by atoms with van der Waals surface area (Å²) in [5.74, 6) is -1.11. The fourth-order valence-corrected chi connectivity index (χ4v) is 1.51. The number of nitrogens with two attached hydrogens (primary N) is 1. The number of aliphatic hydroxyl groups excluding tert-OH is 3. The summed E-state index contributed by atoms with van der Waals surface area (Å²) in [6, 6.07) is 6.15. The average molecular weight is 297 g/mol. The lowest BCUT2D eigenvalue weighted by Gasteiger charge is -2.28. The topological polar surface area (TPSA) is 145 Å². The van der Waals surface area contributed by atoms with Crippen molar-refractivity contribution in [1.29, 1.82) is 0 Å². The quantitative estimate of drug-likeness (QED) is 0.316. The van der Waals surface area contributed by atoms with E-state index in [2.05, 4.69) is 10.6 Å². The molecule has 116 valence electrons. The third kappa shape index (κ3) is 4.71. The molecule has 0 fully saturated rings. The van der Waals surface area contributed by atoms with Crippen LogP contribution in [0, 0.1) is 0 Å². The largest absolute Gasteiger partial charge is 0.399 e. The molecule has 0 bridgehead atoms. The van der Waals surface area contributed by atoms with Crippen LogP contribution in [0.25, 0.3) is 0 Å². The molecule has 0 atom stereocenters. The normalized spacial score (nSPS) is 11.0. The number of aliphatic hydroxyl groups is 3. The first-order chi connectivity index (χ1) is 9.96. The van der Waals surface area contributed by atoms with Gasteiger partial charge in [0, 0.05) is 11.3 Å². The second-order valence-corrected chi connectivity index (χ2v) is 4.61. The van der Waals surface area contributed by atoms with Gasteiger partial charge in [0.05, 0.1) is 26.4 Å². The Labute approximate surface area is 121 Å². The zero-order chi connectivity index (χ0) is 15.9. The predicted octanol–water partition coefficient (Wildman–Crippen LogP) is -2.17. The number of rotatable bonds is 7. The number of carbonyl (C=O) groups excluding carboxylic acids is 2. The number of amides is 2. The highest BCUT2D eigenvalue weighted by atomic mass is 16.3. The van der Waals surface area contributed by atoms with Gasteiger partial charge in [-0.05, 0) is 24.3 Å². The molecule has 0 radical (unpaired) electrons. The fourth-order valence-electron chi connectivity index (χ4n) is 1.51. The van der Waals surface area contributed by atoms with Crippen LogP contribution in [-0.4, -0.2) is 59.0 Å². The van der Waals surface area contributed by atoms with Crippen LogP contribution in [0.2, 0.25) is 0 Å². The molecule has 7 N–H and O–H groups in total. The summed E-state index contributed by atoms with van der Waals surface area (Å²) in [4.78, 5) is 23.4. The predicted molar refractivity (Wildman–Crippen MR) is 75.3 cm³/mol. The van der Waals surface area contributed by atoms with Gasteiger partial charge in [-0.25, -0.2) is 0 Å². The summed E-state index contributed by atoms with van der Waals surface area (Å²) >= 11 is 0. The van der Waals surface area contributed by atoms with Crippen LogP contribution in [-0.2, 0) is 4.79 Å². The van der Waals surface area contributed by atoms with Crippen LogP contribution in [0.4, 0.5) is 5.69 Å². The van der Waals surface area contributed by atoms with E-state index in [4.69, 9.17) is 21.1 Å². The Kier molecular flexibility index (Phi) is 6.10. The lowest BCUT2D eigenvalue weighted by molar-refractivity contribution is -0.124. The number of carbonyl (C=O) groups is 2. The van der Waals surface area contributed by atoms with Crippen LogP contribution < -0.4 is 16.4 Å². The van der Waals surface area contributed by atoms with E-state index in [1.165, 1.54) is 12.1 Å². The summed E-state index contributed by atoms with van der Waals surface area (Å²) in [6.07, 6.45) is 0.